The molecular formula is C14H14O2. The van der Waals surface area contributed by atoms with Crippen LogP contribution in [0, 0.1) is 0 Å². The van der Waals surface area contributed by atoms with Crippen LogP contribution in [0.2, 0.25) is 0 Å². The van der Waals surface area contributed by atoms with Crippen LogP contribution in [0.15, 0.2) is 47.1 Å². The second kappa shape index (κ2) is 3.49. The average Bonchev–Trinajstić information content (AvgIpc) is 2.89. The minimum atomic E-state index is -0.742. The first kappa shape index (κ1) is 9.67. The van der Waals surface area contributed by atoms with Crippen LogP contribution >= 0.6 is 0 Å². The van der Waals surface area contributed by atoms with Gasteiger partial charge in [-0.15, -0.1) is 0 Å². The first-order chi connectivity index (χ1) is 7.78. The van der Waals surface area contributed by atoms with E-state index in [0.717, 1.165) is 24.2 Å². The zero-order valence-electron chi connectivity index (χ0n) is 9.02. The molecule has 1 atom stereocenters. The van der Waals surface area contributed by atoms with Crippen molar-refractivity contribution >= 4 is 0 Å². The van der Waals surface area contributed by atoms with Crippen molar-refractivity contribution in [3.63, 3.8) is 0 Å². The third-order valence-corrected chi connectivity index (χ3v) is 3.37. The molecule has 0 fully saturated rings. The summed E-state index contributed by atoms with van der Waals surface area (Å²) in [5.41, 5.74) is 1.58. The van der Waals surface area contributed by atoms with Gasteiger partial charge in [-0.05, 0) is 36.1 Å². The van der Waals surface area contributed by atoms with Gasteiger partial charge < -0.3 is 9.52 Å². The fourth-order valence-corrected chi connectivity index (χ4v) is 2.55. The Morgan fingerprint density at radius 1 is 1.19 bits per heavy atom. The molecule has 0 saturated carbocycles. The highest BCUT2D eigenvalue weighted by atomic mass is 16.3. The van der Waals surface area contributed by atoms with Crippen LogP contribution in [0.3, 0.4) is 0 Å². The monoisotopic (exact) mass is 214 g/mol. The normalized spacial score (nSPS) is 23.3. The lowest BCUT2D eigenvalue weighted by molar-refractivity contribution is 0.0338. The highest BCUT2D eigenvalue weighted by molar-refractivity contribution is 5.37. The van der Waals surface area contributed by atoms with Gasteiger partial charge in [-0.25, -0.2) is 0 Å². The number of furan rings is 1. The lowest BCUT2D eigenvalue weighted by Crippen LogP contribution is -2.25. The molecular weight excluding hydrogens is 200 g/mol. The molecule has 0 aliphatic heterocycles. The molecule has 1 aromatic heterocycles. The molecule has 0 amide bonds. The summed E-state index contributed by atoms with van der Waals surface area (Å²) in [4.78, 5) is 0. The average molecular weight is 214 g/mol. The van der Waals surface area contributed by atoms with E-state index in [-0.39, 0.29) is 0 Å². The summed E-state index contributed by atoms with van der Waals surface area (Å²) >= 11 is 0. The van der Waals surface area contributed by atoms with Gasteiger partial charge in [0, 0.05) is 6.42 Å². The zero-order chi connectivity index (χ0) is 11.0. The molecule has 0 spiro atoms. The van der Waals surface area contributed by atoms with Gasteiger partial charge in [-0.3, -0.25) is 0 Å². The van der Waals surface area contributed by atoms with E-state index in [1.54, 1.807) is 6.26 Å². The number of rotatable bonds is 2. The molecule has 2 aromatic rings. The highest BCUT2D eigenvalue weighted by Gasteiger charge is 2.37. The Morgan fingerprint density at radius 2 is 2.06 bits per heavy atom. The summed E-state index contributed by atoms with van der Waals surface area (Å²) < 4.78 is 5.32. The van der Waals surface area contributed by atoms with E-state index in [2.05, 4.69) is 6.07 Å². The number of hydrogen-bond donors (Lipinski definition) is 1. The van der Waals surface area contributed by atoms with E-state index < -0.39 is 5.60 Å². The predicted octanol–water partition coefficient (Wildman–Crippen LogP) is 2.66. The third-order valence-electron chi connectivity index (χ3n) is 3.37. The number of hydrogen-bond acceptors (Lipinski definition) is 2. The van der Waals surface area contributed by atoms with Gasteiger partial charge in [0.05, 0.1) is 11.9 Å². The quantitative estimate of drug-likeness (QED) is 0.833. The molecule has 0 bridgehead atoms. The molecule has 82 valence electrons. The molecule has 1 N–H and O–H groups in total. The van der Waals surface area contributed by atoms with Gasteiger partial charge in [-0.2, -0.15) is 0 Å². The molecule has 3 rings (SSSR count). The van der Waals surface area contributed by atoms with Crippen LogP contribution in [0.5, 0.6) is 0 Å². The minimum absolute atomic E-state index is 0.566. The molecule has 1 unspecified atom stereocenters. The summed E-state index contributed by atoms with van der Waals surface area (Å²) in [5.74, 6) is 0.846. The Labute approximate surface area is 94.5 Å². The molecule has 2 nitrogen and oxygen atoms in total. The molecule has 0 radical (unpaired) electrons. The molecule has 1 aliphatic rings. The Balaban J connectivity index is 1.95. The summed E-state index contributed by atoms with van der Waals surface area (Å²) in [6, 6.07) is 11.9. The van der Waals surface area contributed by atoms with Gasteiger partial charge in [0.15, 0.2) is 0 Å². The van der Waals surface area contributed by atoms with Crippen molar-refractivity contribution in [1.29, 1.82) is 0 Å². The Hall–Kier alpha value is -1.54. The Kier molecular flexibility index (Phi) is 2.11. The van der Waals surface area contributed by atoms with Crippen LogP contribution < -0.4 is 0 Å². The van der Waals surface area contributed by atoms with E-state index in [1.165, 1.54) is 5.56 Å². The Bertz CT molecular complexity index is 487. The van der Waals surface area contributed by atoms with Crippen molar-refractivity contribution in [1.82, 2.24) is 0 Å². The summed E-state index contributed by atoms with van der Waals surface area (Å²) in [7, 11) is 0. The maximum atomic E-state index is 10.7. The van der Waals surface area contributed by atoms with Crippen molar-refractivity contribution in [2.75, 3.05) is 0 Å². The van der Waals surface area contributed by atoms with Crippen molar-refractivity contribution in [2.45, 2.75) is 24.9 Å². The minimum Gasteiger partial charge on any atom is -0.469 e. The van der Waals surface area contributed by atoms with E-state index in [4.69, 9.17) is 4.42 Å². The third kappa shape index (κ3) is 1.46. The van der Waals surface area contributed by atoms with Gasteiger partial charge in [-0.1, -0.05) is 24.3 Å². The fourth-order valence-electron chi connectivity index (χ4n) is 2.55. The first-order valence-corrected chi connectivity index (χ1v) is 5.61. The first-order valence-electron chi connectivity index (χ1n) is 5.61. The molecule has 1 heterocycles. The Morgan fingerprint density at radius 3 is 2.88 bits per heavy atom. The molecule has 1 aliphatic carbocycles. The maximum absolute atomic E-state index is 10.7. The lowest BCUT2D eigenvalue weighted by atomic mass is 9.91. The standard InChI is InChI=1S/C14H14O2/c15-14(10-12-5-3-9-16-12)8-7-11-4-1-2-6-13(11)14/h1-6,9,15H,7-8,10H2. The van der Waals surface area contributed by atoms with Crippen LogP contribution in [-0.2, 0) is 18.4 Å². The highest BCUT2D eigenvalue weighted by Crippen LogP contribution is 2.39. The number of aliphatic hydroxyl groups is 1. The second-order valence-corrected chi connectivity index (χ2v) is 4.44. The van der Waals surface area contributed by atoms with E-state index in [1.807, 2.05) is 30.3 Å². The molecule has 0 saturated heterocycles. The van der Waals surface area contributed by atoms with Crippen LogP contribution in [0.4, 0.5) is 0 Å². The summed E-state index contributed by atoms with van der Waals surface area (Å²) in [5, 5.41) is 10.7. The van der Waals surface area contributed by atoms with Crippen LogP contribution in [0.25, 0.3) is 0 Å². The predicted molar refractivity (Wildman–Crippen MR) is 61.1 cm³/mol. The van der Waals surface area contributed by atoms with E-state index in [9.17, 15) is 5.11 Å². The van der Waals surface area contributed by atoms with Crippen molar-refractivity contribution in [3.8, 4) is 0 Å². The summed E-state index contributed by atoms with van der Waals surface area (Å²) in [6.07, 6.45) is 3.96. The van der Waals surface area contributed by atoms with Crippen LogP contribution in [-0.4, -0.2) is 5.11 Å². The summed E-state index contributed by atoms with van der Waals surface area (Å²) in [6.45, 7) is 0. The van der Waals surface area contributed by atoms with Crippen LogP contribution in [0.1, 0.15) is 23.3 Å². The maximum Gasteiger partial charge on any atom is 0.106 e. The van der Waals surface area contributed by atoms with Gasteiger partial charge >= 0.3 is 0 Å². The van der Waals surface area contributed by atoms with E-state index in [0.29, 0.717) is 6.42 Å². The zero-order valence-corrected chi connectivity index (χ0v) is 9.02. The number of aryl methyl sites for hydroxylation is 1. The fraction of sp³-hybridized carbons (Fsp3) is 0.286. The van der Waals surface area contributed by atoms with Crippen molar-refractivity contribution < 1.29 is 9.52 Å². The number of benzene rings is 1. The van der Waals surface area contributed by atoms with Gasteiger partial charge in [0.1, 0.15) is 5.76 Å². The van der Waals surface area contributed by atoms with Gasteiger partial charge in [0.2, 0.25) is 0 Å². The molecule has 16 heavy (non-hydrogen) atoms. The van der Waals surface area contributed by atoms with Crippen molar-refractivity contribution in [3.05, 3.63) is 59.5 Å². The smallest absolute Gasteiger partial charge is 0.106 e. The topological polar surface area (TPSA) is 33.4 Å². The molecule has 2 heteroatoms. The molecule has 1 aromatic carbocycles. The largest absolute Gasteiger partial charge is 0.469 e. The van der Waals surface area contributed by atoms with Gasteiger partial charge in [0.25, 0.3) is 0 Å². The number of fused-ring (bicyclic) bond motifs is 1. The van der Waals surface area contributed by atoms with Crippen molar-refractivity contribution in [2.24, 2.45) is 0 Å². The second-order valence-electron chi connectivity index (χ2n) is 4.44. The lowest BCUT2D eigenvalue weighted by Gasteiger charge is -2.22. The van der Waals surface area contributed by atoms with E-state index >= 15 is 0 Å². The SMILES string of the molecule is OC1(Cc2ccco2)CCc2ccccc21.